The first-order chi connectivity index (χ1) is 6.95. The molecule has 0 spiro atoms. The SMILES string of the molecule is [c]1ccc(C=Cc2ccccc2)cc1. The van der Waals surface area contributed by atoms with E-state index in [0.717, 1.165) is 0 Å². The maximum Gasteiger partial charge on any atom is -0.0184 e. The molecule has 0 heterocycles. The molecule has 0 aliphatic heterocycles. The summed E-state index contributed by atoms with van der Waals surface area (Å²) in [4.78, 5) is 0. The van der Waals surface area contributed by atoms with Crippen LogP contribution in [0.3, 0.4) is 0 Å². The topological polar surface area (TPSA) is 0 Å². The van der Waals surface area contributed by atoms with Gasteiger partial charge in [0.1, 0.15) is 0 Å². The number of benzene rings is 2. The summed E-state index contributed by atoms with van der Waals surface area (Å²) in [5.41, 5.74) is 2.42. The lowest BCUT2D eigenvalue weighted by atomic mass is 10.1. The van der Waals surface area contributed by atoms with E-state index in [9.17, 15) is 0 Å². The zero-order valence-electron chi connectivity index (χ0n) is 7.85. The molecule has 0 heteroatoms. The molecule has 14 heavy (non-hydrogen) atoms. The summed E-state index contributed by atoms with van der Waals surface area (Å²) >= 11 is 0. The van der Waals surface area contributed by atoms with Gasteiger partial charge in [-0.3, -0.25) is 0 Å². The molecule has 0 saturated carbocycles. The van der Waals surface area contributed by atoms with Crippen molar-refractivity contribution < 1.29 is 0 Å². The number of hydrogen-bond donors (Lipinski definition) is 0. The Kier molecular flexibility index (Phi) is 2.77. The molecule has 2 rings (SSSR count). The quantitative estimate of drug-likeness (QED) is 0.617. The molecule has 0 aliphatic carbocycles. The van der Waals surface area contributed by atoms with E-state index in [0.29, 0.717) is 0 Å². The Morgan fingerprint density at radius 2 is 1.29 bits per heavy atom. The van der Waals surface area contributed by atoms with Gasteiger partial charge in [0.25, 0.3) is 0 Å². The fourth-order valence-corrected chi connectivity index (χ4v) is 1.27. The van der Waals surface area contributed by atoms with Gasteiger partial charge in [0.15, 0.2) is 0 Å². The molecule has 0 nitrogen and oxygen atoms in total. The van der Waals surface area contributed by atoms with Crippen molar-refractivity contribution in [1.29, 1.82) is 0 Å². The van der Waals surface area contributed by atoms with Crippen LogP contribution in [-0.2, 0) is 0 Å². The molecule has 0 aromatic heterocycles. The molecule has 0 saturated heterocycles. The lowest BCUT2D eigenvalue weighted by molar-refractivity contribution is 1.64. The normalized spacial score (nSPS) is 10.6. The lowest BCUT2D eigenvalue weighted by Gasteiger charge is -1.92. The van der Waals surface area contributed by atoms with Gasteiger partial charge in [0.2, 0.25) is 0 Å². The van der Waals surface area contributed by atoms with E-state index in [4.69, 9.17) is 0 Å². The van der Waals surface area contributed by atoms with Crippen molar-refractivity contribution in [2.45, 2.75) is 0 Å². The standard InChI is InChI=1S/C14H11/c1-3-7-13(8-4-1)11-12-14-9-5-2-6-10-14/h1,3-12H. The highest BCUT2D eigenvalue weighted by molar-refractivity contribution is 5.69. The van der Waals surface area contributed by atoms with Gasteiger partial charge < -0.3 is 0 Å². The molecule has 0 N–H and O–H groups in total. The molecule has 67 valence electrons. The van der Waals surface area contributed by atoms with Gasteiger partial charge in [-0.15, -0.1) is 0 Å². The molecular formula is C14H11. The van der Waals surface area contributed by atoms with E-state index in [1.807, 2.05) is 42.5 Å². The first-order valence-corrected chi connectivity index (χ1v) is 4.64. The summed E-state index contributed by atoms with van der Waals surface area (Å²) in [6.45, 7) is 0. The minimum atomic E-state index is 1.20. The van der Waals surface area contributed by atoms with Crippen molar-refractivity contribution in [3.05, 3.63) is 71.8 Å². The highest BCUT2D eigenvalue weighted by Gasteiger charge is 1.84. The Balaban J connectivity index is 2.16. The maximum absolute atomic E-state index is 3.00. The molecule has 2 aromatic rings. The third kappa shape index (κ3) is 2.33. The molecular weight excluding hydrogens is 168 g/mol. The third-order valence-corrected chi connectivity index (χ3v) is 2.01. The molecule has 0 aliphatic rings. The van der Waals surface area contributed by atoms with Crippen LogP contribution in [0.2, 0.25) is 0 Å². The second-order valence-corrected chi connectivity index (χ2v) is 3.08. The van der Waals surface area contributed by atoms with Gasteiger partial charge in [-0.1, -0.05) is 66.7 Å². The van der Waals surface area contributed by atoms with Gasteiger partial charge in [0.05, 0.1) is 0 Å². The molecule has 0 unspecified atom stereocenters. The van der Waals surface area contributed by atoms with Gasteiger partial charge in [-0.25, -0.2) is 0 Å². The minimum Gasteiger partial charge on any atom is -0.0622 e. The second-order valence-electron chi connectivity index (χ2n) is 3.08. The molecule has 0 atom stereocenters. The zero-order valence-corrected chi connectivity index (χ0v) is 7.85. The van der Waals surface area contributed by atoms with Crippen LogP contribution in [0, 0.1) is 6.07 Å². The van der Waals surface area contributed by atoms with Crippen LogP contribution in [0.1, 0.15) is 11.1 Å². The van der Waals surface area contributed by atoms with E-state index in [2.05, 4.69) is 30.4 Å². The minimum absolute atomic E-state index is 1.20. The molecule has 0 amide bonds. The van der Waals surface area contributed by atoms with Crippen LogP contribution < -0.4 is 0 Å². The first kappa shape index (κ1) is 8.76. The van der Waals surface area contributed by atoms with Crippen molar-refractivity contribution >= 4 is 12.2 Å². The number of rotatable bonds is 2. The Labute approximate surface area is 84.5 Å². The van der Waals surface area contributed by atoms with E-state index < -0.39 is 0 Å². The van der Waals surface area contributed by atoms with Crippen LogP contribution in [0.15, 0.2) is 54.6 Å². The number of hydrogen-bond acceptors (Lipinski definition) is 0. The fraction of sp³-hybridized carbons (Fsp3) is 0. The summed E-state index contributed by atoms with van der Waals surface area (Å²) in [5, 5.41) is 0. The molecule has 1 radical (unpaired) electrons. The Morgan fingerprint density at radius 1 is 0.714 bits per heavy atom. The van der Waals surface area contributed by atoms with Gasteiger partial charge in [-0.05, 0) is 17.2 Å². The van der Waals surface area contributed by atoms with Crippen LogP contribution in [0.4, 0.5) is 0 Å². The van der Waals surface area contributed by atoms with Crippen molar-refractivity contribution in [3.8, 4) is 0 Å². The Morgan fingerprint density at radius 3 is 1.93 bits per heavy atom. The summed E-state index contributed by atoms with van der Waals surface area (Å²) in [6, 6.07) is 21.2. The van der Waals surface area contributed by atoms with Crippen LogP contribution in [0.5, 0.6) is 0 Å². The van der Waals surface area contributed by atoms with E-state index >= 15 is 0 Å². The molecule has 0 bridgehead atoms. The smallest absolute Gasteiger partial charge is 0.0184 e. The zero-order chi connectivity index (χ0) is 9.64. The summed E-state index contributed by atoms with van der Waals surface area (Å²) in [5.74, 6) is 0. The van der Waals surface area contributed by atoms with Crippen LogP contribution in [-0.4, -0.2) is 0 Å². The maximum atomic E-state index is 3.00. The summed E-state index contributed by atoms with van der Waals surface area (Å²) in [7, 11) is 0. The van der Waals surface area contributed by atoms with E-state index in [1.54, 1.807) is 0 Å². The second kappa shape index (κ2) is 4.43. The highest BCUT2D eigenvalue weighted by Crippen LogP contribution is 2.06. The summed E-state index contributed by atoms with van der Waals surface area (Å²) in [6.07, 6.45) is 4.21. The average molecular weight is 179 g/mol. The Hall–Kier alpha value is -1.82. The van der Waals surface area contributed by atoms with Crippen molar-refractivity contribution in [2.24, 2.45) is 0 Å². The molecule has 2 aromatic carbocycles. The average Bonchev–Trinajstić information content (AvgIpc) is 2.29. The monoisotopic (exact) mass is 179 g/mol. The first-order valence-electron chi connectivity index (χ1n) is 4.64. The van der Waals surface area contributed by atoms with Gasteiger partial charge >= 0.3 is 0 Å². The molecule has 0 fully saturated rings. The highest BCUT2D eigenvalue weighted by atomic mass is 13.9. The Bertz CT molecular complexity index is 357. The van der Waals surface area contributed by atoms with E-state index in [1.165, 1.54) is 11.1 Å². The van der Waals surface area contributed by atoms with Crippen molar-refractivity contribution in [2.75, 3.05) is 0 Å². The van der Waals surface area contributed by atoms with Crippen LogP contribution >= 0.6 is 0 Å². The van der Waals surface area contributed by atoms with Crippen LogP contribution in [0.25, 0.3) is 12.2 Å². The largest absolute Gasteiger partial charge is 0.0622 e. The van der Waals surface area contributed by atoms with Gasteiger partial charge in [-0.2, -0.15) is 0 Å². The van der Waals surface area contributed by atoms with Gasteiger partial charge in [0, 0.05) is 0 Å². The van der Waals surface area contributed by atoms with E-state index in [-0.39, 0.29) is 0 Å². The fourth-order valence-electron chi connectivity index (χ4n) is 1.27. The predicted octanol–water partition coefficient (Wildman–Crippen LogP) is 3.66. The third-order valence-electron chi connectivity index (χ3n) is 2.01. The summed E-state index contributed by atoms with van der Waals surface area (Å²) < 4.78 is 0. The van der Waals surface area contributed by atoms with Crippen molar-refractivity contribution in [3.63, 3.8) is 0 Å². The lowest BCUT2D eigenvalue weighted by Crippen LogP contribution is -1.70. The predicted molar refractivity (Wildman–Crippen MR) is 60.6 cm³/mol. The van der Waals surface area contributed by atoms with Crippen molar-refractivity contribution in [1.82, 2.24) is 0 Å².